The van der Waals surface area contributed by atoms with Gasteiger partial charge >= 0.3 is 6.03 Å². The Balaban J connectivity index is 2.50. The van der Waals surface area contributed by atoms with Crippen LogP contribution in [0.4, 0.5) is 4.79 Å². The van der Waals surface area contributed by atoms with Gasteiger partial charge in [-0.25, -0.2) is 4.79 Å². The molecule has 0 aliphatic heterocycles. The summed E-state index contributed by atoms with van der Waals surface area (Å²) in [6, 6.07) is 7.55. The van der Waals surface area contributed by atoms with Crippen LogP contribution in [0.2, 0.25) is 0 Å². The third-order valence-corrected chi connectivity index (χ3v) is 3.67. The Hall–Kier alpha value is -1.53. The minimum absolute atomic E-state index is 0.291. The Kier molecular flexibility index (Phi) is 7.11. The monoisotopic (exact) mass is 295 g/mol. The van der Waals surface area contributed by atoms with Crippen LogP contribution in [0.15, 0.2) is 29.2 Å². The quantitative estimate of drug-likeness (QED) is 0.699. The Morgan fingerprint density at radius 1 is 1.25 bits per heavy atom. The van der Waals surface area contributed by atoms with Crippen LogP contribution in [0.5, 0.6) is 0 Å². The van der Waals surface area contributed by atoms with Gasteiger partial charge < -0.3 is 10.6 Å². The summed E-state index contributed by atoms with van der Waals surface area (Å²) < 4.78 is 0. The number of nitrogens with one attached hydrogen (secondary N) is 3. The van der Waals surface area contributed by atoms with Crippen LogP contribution in [0.3, 0.4) is 0 Å². The number of carbonyl (C=O) groups is 2. The second-order valence-corrected chi connectivity index (χ2v) is 5.70. The summed E-state index contributed by atoms with van der Waals surface area (Å²) in [5.74, 6) is -0.291. The minimum Gasteiger partial charge on any atom is -0.338 e. The van der Waals surface area contributed by atoms with Gasteiger partial charge in [0, 0.05) is 18.0 Å². The van der Waals surface area contributed by atoms with Crippen LogP contribution in [0, 0.1) is 0 Å². The van der Waals surface area contributed by atoms with Crippen molar-refractivity contribution >= 4 is 23.7 Å². The van der Waals surface area contributed by atoms with Gasteiger partial charge in [0.15, 0.2) is 0 Å². The summed E-state index contributed by atoms with van der Waals surface area (Å²) >= 11 is 1.43. The predicted molar refractivity (Wildman–Crippen MR) is 81.7 cm³/mol. The summed E-state index contributed by atoms with van der Waals surface area (Å²) in [6.45, 7) is 4.89. The van der Waals surface area contributed by atoms with Gasteiger partial charge in [-0.1, -0.05) is 12.1 Å². The Morgan fingerprint density at radius 3 is 2.45 bits per heavy atom. The number of imide groups is 1. The van der Waals surface area contributed by atoms with Gasteiger partial charge in [0.25, 0.3) is 0 Å². The highest BCUT2D eigenvalue weighted by atomic mass is 32.2. The minimum atomic E-state index is -0.450. The predicted octanol–water partition coefficient (Wildman–Crippen LogP) is 1.73. The summed E-state index contributed by atoms with van der Waals surface area (Å²) in [7, 11) is 1.90. The molecule has 20 heavy (non-hydrogen) atoms. The van der Waals surface area contributed by atoms with Crippen LogP contribution in [-0.4, -0.2) is 30.8 Å². The molecule has 0 bridgehead atoms. The third kappa shape index (κ3) is 5.63. The van der Waals surface area contributed by atoms with Crippen molar-refractivity contribution < 1.29 is 9.59 Å². The molecule has 1 aromatic rings. The molecule has 6 heteroatoms. The fourth-order valence-corrected chi connectivity index (χ4v) is 2.43. The molecule has 0 radical (unpaired) electrons. The molecular weight excluding hydrogens is 274 g/mol. The lowest BCUT2D eigenvalue weighted by Gasteiger charge is -2.11. The van der Waals surface area contributed by atoms with Crippen molar-refractivity contribution in [3.63, 3.8) is 0 Å². The molecule has 3 N–H and O–H groups in total. The zero-order chi connectivity index (χ0) is 15.0. The van der Waals surface area contributed by atoms with E-state index in [1.165, 1.54) is 17.3 Å². The van der Waals surface area contributed by atoms with Crippen molar-refractivity contribution in [1.82, 2.24) is 16.0 Å². The summed E-state index contributed by atoms with van der Waals surface area (Å²) in [4.78, 5) is 24.1. The van der Waals surface area contributed by atoms with E-state index in [2.05, 4.69) is 16.0 Å². The van der Waals surface area contributed by atoms with E-state index in [4.69, 9.17) is 0 Å². The van der Waals surface area contributed by atoms with Crippen molar-refractivity contribution in [2.24, 2.45) is 0 Å². The molecule has 1 unspecified atom stereocenters. The maximum absolute atomic E-state index is 11.8. The molecular formula is C14H21N3O2S. The van der Waals surface area contributed by atoms with Gasteiger partial charge in [-0.3, -0.25) is 10.1 Å². The molecule has 1 atom stereocenters. The topological polar surface area (TPSA) is 70.2 Å². The fraction of sp³-hybridized carbons (Fsp3) is 0.429. The van der Waals surface area contributed by atoms with E-state index >= 15 is 0 Å². The number of rotatable bonds is 6. The SMILES string of the molecule is CCNC(=O)NC(=O)C(C)Sc1ccc(CNC)cc1. The smallest absolute Gasteiger partial charge is 0.321 e. The first-order chi connectivity index (χ1) is 9.56. The van der Waals surface area contributed by atoms with E-state index in [0.717, 1.165) is 11.4 Å². The lowest BCUT2D eigenvalue weighted by atomic mass is 10.2. The van der Waals surface area contributed by atoms with Gasteiger partial charge in [0.1, 0.15) is 0 Å². The fourth-order valence-electron chi connectivity index (χ4n) is 1.57. The average Bonchev–Trinajstić information content (AvgIpc) is 2.41. The van der Waals surface area contributed by atoms with Crippen LogP contribution in [-0.2, 0) is 11.3 Å². The highest BCUT2D eigenvalue weighted by Crippen LogP contribution is 2.23. The first kappa shape index (κ1) is 16.5. The number of urea groups is 1. The first-order valence-corrected chi connectivity index (χ1v) is 7.43. The second kappa shape index (κ2) is 8.60. The Bertz CT molecular complexity index is 448. The first-order valence-electron chi connectivity index (χ1n) is 6.55. The number of hydrogen-bond donors (Lipinski definition) is 3. The van der Waals surface area contributed by atoms with Crippen LogP contribution in [0.25, 0.3) is 0 Å². The number of carbonyl (C=O) groups excluding carboxylic acids is 2. The highest BCUT2D eigenvalue weighted by molar-refractivity contribution is 8.00. The zero-order valence-electron chi connectivity index (χ0n) is 12.0. The van der Waals surface area contributed by atoms with Crippen LogP contribution >= 0.6 is 11.8 Å². The lowest BCUT2D eigenvalue weighted by molar-refractivity contribution is -0.119. The Labute approximate surface area is 123 Å². The molecule has 3 amide bonds. The van der Waals surface area contributed by atoms with Crippen LogP contribution in [0.1, 0.15) is 19.4 Å². The molecule has 0 heterocycles. The third-order valence-electron chi connectivity index (χ3n) is 2.56. The van der Waals surface area contributed by atoms with Gasteiger partial charge in [0.05, 0.1) is 5.25 Å². The van der Waals surface area contributed by atoms with Crippen molar-refractivity contribution in [2.75, 3.05) is 13.6 Å². The highest BCUT2D eigenvalue weighted by Gasteiger charge is 2.16. The van der Waals surface area contributed by atoms with Crippen LogP contribution < -0.4 is 16.0 Å². The number of amides is 3. The van der Waals surface area contributed by atoms with Gasteiger partial charge in [-0.15, -0.1) is 11.8 Å². The molecule has 1 rings (SSSR count). The van der Waals surface area contributed by atoms with Crippen molar-refractivity contribution in [3.8, 4) is 0 Å². The summed E-state index contributed by atoms with van der Waals surface area (Å²) in [6.07, 6.45) is 0. The van der Waals surface area contributed by atoms with E-state index in [1.54, 1.807) is 13.8 Å². The van der Waals surface area contributed by atoms with Gasteiger partial charge in [0.2, 0.25) is 5.91 Å². The van der Waals surface area contributed by atoms with E-state index in [0.29, 0.717) is 6.54 Å². The van der Waals surface area contributed by atoms with Gasteiger partial charge in [-0.05, 0) is 38.6 Å². The second-order valence-electron chi connectivity index (χ2n) is 4.28. The molecule has 110 valence electrons. The molecule has 0 aliphatic rings. The molecule has 0 saturated carbocycles. The molecule has 1 aromatic carbocycles. The average molecular weight is 295 g/mol. The van der Waals surface area contributed by atoms with Crippen molar-refractivity contribution in [3.05, 3.63) is 29.8 Å². The van der Waals surface area contributed by atoms with E-state index in [1.807, 2.05) is 31.3 Å². The molecule has 5 nitrogen and oxygen atoms in total. The largest absolute Gasteiger partial charge is 0.338 e. The normalized spacial score (nSPS) is 11.8. The maximum Gasteiger partial charge on any atom is 0.321 e. The molecule has 0 fully saturated rings. The standard InChI is InChI=1S/C14H21N3O2S/c1-4-16-14(19)17-13(18)10(2)20-12-7-5-11(6-8-12)9-15-3/h5-8,10,15H,4,9H2,1-3H3,(H2,16,17,18,19). The van der Waals surface area contributed by atoms with Crippen molar-refractivity contribution in [2.45, 2.75) is 30.5 Å². The molecule has 0 saturated heterocycles. The molecule has 0 aromatic heterocycles. The lowest BCUT2D eigenvalue weighted by Crippen LogP contribution is -2.42. The zero-order valence-corrected chi connectivity index (χ0v) is 12.8. The number of benzene rings is 1. The molecule has 0 aliphatic carbocycles. The van der Waals surface area contributed by atoms with Gasteiger partial charge in [-0.2, -0.15) is 0 Å². The maximum atomic E-state index is 11.8. The van der Waals surface area contributed by atoms with Crippen molar-refractivity contribution in [1.29, 1.82) is 0 Å². The summed E-state index contributed by atoms with van der Waals surface area (Å²) in [5.41, 5.74) is 1.19. The van der Waals surface area contributed by atoms with E-state index < -0.39 is 6.03 Å². The number of hydrogen-bond acceptors (Lipinski definition) is 4. The molecule has 0 spiro atoms. The summed E-state index contributed by atoms with van der Waals surface area (Å²) in [5, 5.41) is 7.60. The number of thioether (sulfide) groups is 1. The Morgan fingerprint density at radius 2 is 1.90 bits per heavy atom. The van der Waals surface area contributed by atoms with E-state index in [9.17, 15) is 9.59 Å². The van der Waals surface area contributed by atoms with E-state index in [-0.39, 0.29) is 11.2 Å².